The van der Waals surface area contributed by atoms with Crippen molar-refractivity contribution < 1.29 is 14.7 Å². The smallest absolute Gasteiger partial charge is 0.317 e. The van der Waals surface area contributed by atoms with Gasteiger partial charge in [-0.15, -0.1) is 0 Å². The van der Waals surface area contributed by atoms with Crippen molar-refractivity contribution in [1.82, 2.24) is 15.2 Å². The predicted molar refractivity (Wildman–Crippen MR) is 102 cm³/mol. The van der Waals surface area contributed by atoms with Gasteiger partial charge in [0.05, 0.1) is 12.0 Å². The highest BCUT2D eigenvalue weighted by Gasteiger charge is 2.32. The van der Waals surface area contributed by atoms with E-state index in [2.05, 4.69) is 10.3 Å². The number of nitrogens with one attached hydrogen (secondary N) is 1. The van der Waals surface area contributed by atoms with Crippen LogP contribution in [0, 0.1) is 11.8 Å². The first-order valence-corrected chi connectivity index (χ1v) is 9.26. The van der Waals surface area contributed by atoms with E-state index in [0.29, 0.717) is 19.4 Å². The molecule has 0 saturated carbocycles. The Morgan fingerprint density at radius 1 is 1.19 bits per heavy atom. The van der Waals surface area contributed by atoms with Gasteiger partial charge in [0.2, 0.25) is 0 Å². The molecule has 2 heterocycles. The van der Waals surface area contributed by atoms with Crippen LogP contribution < -0.4 is 5.32 Å². The second-order valence-corrected chi connectivity index (χ2v) is 7.22. The van der Waals surface area contributed by atoms with E-state index in [-0.39, 0.29) is 24.5 Å². The monoisotopic (exact) mass is 367 g/mol. The number of carboxylic acids is 1. The number of amides is 2. The Labute approximate surface area is 159 Å². The third-order valence-electron chi connectivity index (χ3n) is 4.94. The first kappa shape index (κ1) is 18.9. The maximum absolute atomic E-state index is 12.9. The normalized spacial score (nSPS) is 20.7. The molecule has 0 aliphatic carbocycles. The van der Waals surface area contributed by atoms with Crippen LogP contribution in [-0.2, 0) is 11.2 Å². The molecule has 0 radical (unpaired) electrons. The van der Waals surface area contributed by atoms with Crippen molar-refractivity contribution in [2.45, 2.75) is 25.8 Å². The number of hydrogen-bond acceptors (Lipinski definition) is 3. The lowest BCUT2D eigenvalue weighted by Gasteiger charge is -2.35. The van der Waals surface area contributed by atoms with Crippen LogP contribution in [0.15, 0.2) is 54.7 Å². The molecule has 3 rings (SSSR count). The number of carbonyl (C=O) groups is 2. The summed E-state index contributed by atoms with van der Waals surface area (Å²) in [6.07, 6.45) is 2.92. The third kappa shape index (κ3) is 5.06. The van der Waals surface area contributed by atoms with E-state index in [4.69, 9.17) is 0 Å². The molecule has 1 aliphatic heterocycles. The summed E-state index contributed by atoms with van der Waals surface area (Å²) in [5.74, 6) is -1.19. The SMILES string of the molecule is CC1CC(C(=O)O)CN(C(=O)NC(Cc2ccccn2)c2ccccc2)C1. The van der Waals surface area contributed by atoms with Crippen molar-refractivity contribution in [3.63, 3.8) is 0 Å². The van der Waals surface area contributed by atoms with Crippen molar-refractivity contribution in [2.75, 3.05) is 13.1 Å². The molecule has 1 aromatic carbocycles. The van der Waals surface area contributed by atoms with Crippen molar-refractivity contribution in [3.8, 4) is 0 Å². The van der Waals surface area contributed by atoms with Gasteiger partial charge in [-0.1, -0.05) is 43.3 Å². The Kier molecular flexibility index (Phi) is 6.06. The van der Waals surface area contributed by atoms with Crippen LogP contribution in [-0.4, -0.2) is 40.1 Å². The Bertz CT molecular complexity index is 767. The fourth-order valence-corrected chi connectivity index (χ4v) is 3.60. The minimum absolute atomic E-state index is 0.163. The molecule has 1 saturated heterocycles. The van der Waals surface area contributed by atoms with E-state index in [1.807, 2.05) is 55.5 Å². The Hall–Kier alpha value is -2.89. The summed E-state index contributed by atoms with van der Waals surface area (Å²) >= 11 is 0. The summed E-state index contributed by atoms with van der Waals surface area (Å²) in [7, 11) is 0. The van der Waals surface area contributed by atoms with Crippen molar-refractivity contribution >= 4 is 12.0 Å². The lowest BCUT2D eigenvalue weighted by molar-refractivity contribution is -0.143. The van der Waals surface area contributed by atoms with Crippen LogP contribution in [0.5, 0.6) is 0 Å². The van der Waals surface area contributed by atoms with Crippen LogP contribution in [0.3, 0.4) is 0 Å². The molecule has 1 aromatic heterocycles. The Morgan fingerprint density at radius 2 is 1.93 bits per heavy atom. The van der Waals surface area contributed by atoms with Crippen molar-refractivity contribution in [2.24, 2.45) is 11.8 Å². The number of aromatic nitrogens is 1. The van der Waals surface area contributed by atoms with E-state index in [9.17, 15) is 14.7 Å². The minimum atomic E-state index is -0.840. The quantitative estimate of drug-likeness (QED) is 0.851. The van der Waals surface area contributed by atoms with Gasteiger partial charge in [-0.05, 0) is 30.0 Å². The van der Waals surface area contributed by atoms with Crippen LogP contribution in [0.2, 0.25) is 0 Å². The molecule has 2 N–H and O–H groups in total. The number of aliphatic carboxylic acids is 1. The largest absolute Gasteiger partial charge is 0.481 e. The van der Waals surface area contributed by atoms with Crippen LogP contribution in [0.1, 0.15) is 30.6 Å². The number of benzene rings is 1. The zero-order valence-electron chi connectivity index (χ0n) is 15.4. The molecule has 6 heteroatoms. The highest BCUT2D eigenvalue weighted by atomic mass is 16.4. The summed E-state index contributed by atoms with van der Waals surface area (Å²) in [4.78, 5) is 30.3. The average molecular weight is 367 g/mol. The number of urea groups is 1. The van der Waals surface area contributed by atoms with Crippen molar-refractivity contribution in [3.05, 3.63) is 66.0 Å². The highest BCUT2D eigenvalue weighted by molar-refractivity contribution is 5.77. The lowest BCUT2D eigenvalue weighted by Crippen LogP contribution is -2.50. The number of rotatable bonds is 5. The van der Waals surface area contributed by atoms with Gasteiger partial charge in [0, 0.05) is 31.4 Å². The number of piperidine rings is 1. The molecule has 3 unspecified atom stereocenters. The molecule has 6 nitrogen and oxygen atoms in total. The maximum Gasteiger partial charge on any atom is 0.317 e. The Balaban J connectivity index is 1.75. The minimum Gasteiger partial charge on any atom is -0.481 e. The van der Waals surface area contributed by atoms with E-state index < -0.39 is 11.9 Å². The zero-order valence-corrected chi connectivity index (χ0v) is 15.4. The molecule has 0 bridgehead atoms. The molecule has 0 spiro atoms. The van der Waals surface area contributed by atoms with Gasteiger partial charge < -0.3 is 15.3 Å². The number of nitrogens with zero attached hydrogens (tertiary/aromatic N) is 2. The lowest BCUT2D eigenvalue weighted by atomic mass is 9.90. The molecule has 2 aromatic rings. The summed E-state index contributed by atoms with van der Waals surface area (Å²) < 4.78 is 0. The van der Waals surface area contributed by atoms with Gasteiger partial charge in [0.25, 0.3) is 0 Å². The standard InChI is InChI=1S/C21H25N3O3/c1-15-11-17(20(25)26)14-24(13-15)21(27)23-19(16-7-3-2-4-8-16)12-18-9-5-6-10-22-18/h2-10,15,17,19H,11-14H2,1H3,(H,23,27)(H,25,26). The molecule has 1 fully saturated rings. The van der Waals surface area contributed by atoms with Crippen molar-refractivity contribution in [1.29, 1.82) is 0 Å². The number of likely N-dealkylation sites (tertiary alicyclic amines) is 1. The molecule has 142 valence electrons. The molecule has 3 atom stereocenters. The number of pyridine rings is 1. The van der Waals surface area contributed by atoms with E-state index in [0.717, 1.165) is 11.3 Å². The molecular formula is C21H25N3O3. The predicted octanol–water partition coefficient (Wildman–Crippen LogP) is 3.12. The van der Waals surface area contributed by atoms with Crippen LogP contribution in [0.25, 0.3) is 0 Å². The highest BCUT2D eigenvalue weighted by Crippen LogP contribution is 2.23. The molecule has 1 aliphatic rings. The fourth-order valence-electron chi connectivity index (χ4n) is 3.60. The molecular weight excluding hydrogens is 342 g/mol. The van der Waals surface area contributed by atoms with Gasteiger partial charge in [0.15, 0.2) is 0 Å². The zero-order chi connectivity index (χ0) is 19.2. The molecule has 27 heavy (non-hydrogen) atoms. The van der Waals surface area contributed by atoms with Gasteiger partial charge in [-0.2, -0.15) is 0 Å². The summed E-state index contributed by atoms with van der Waals surface area (Å²) in [6.45, 7) is 2.80. The van der Waals surface area contributed by atoms with Crippen LogP contribution >= 0.6 is 0 Å². The average Bonchev–Trinajstić information content (AvgIpc) is 2.68. The summed E-state index contributed by atoms with van der Waals surface area (Å²) in [5, 5.41) is 12.4. The van der Waals surface area contributed by atoms with Gasteiger partial charge in [-0.3, -0.25) is 9.78 Å². The number of hydrogen-bond donors (Lipinski definition) is 2. The van der Waals surface area contributed by atoms with Gasteiger partial charge in [-0.25, -0.2) is 4.79 Å². The summed E-state index contributed by atoms with van der Waals surface area (Å²) in [5.41, 5.74) is 1.89. The van der Waals surface area contributed by atoms with E-state index >= 15 is 0 Å². The summed E-state index contributed by atoms with van der Waals surface area (Å²) in [6, 6.07) is 15.0. The number of carboxylic acid groups (broad SMARTS) is 1. The van der Waals surface area contributed by atoms with Gasteiger partial charge in [0.1, 0.15) is 0 Å². The van der Waals surface area contributed by atoms with Gasteiger partial charge >= 0.3 is 12.0 Å². The van der Waals surface area contributed by atoms with E-state index in [1.165, 1.54) is 0 Å². The first-order chi connectivity index (χ1) is 13.0. The second-order valence-electron chi connectivity index (χ2n) is 7.22. The van der Waals surface area contributed by atoms with Crippen LogP contribution in [0.4, 0.5) is 4.79 Å². The molecule has 2 amide bonds. The maximum atomic E-state index is 12.9. The number of carbonyl (C=O) groups excluding carboxylic acids is 1. The third-order valence-corrected chi connectivity index (χ3v) is 4.94. The second kappa shape index (κ2) is 8.66. The fraction of sp³-hybridized carbons (Fsp3) is 0.381. The topological polar surface area (TPSA) is 82.5 Å². The first-order valence-electron chi connectivity index (χ1n) is 9.26. The Morgan fingerprint density at radius 3 is 2.59 bits per heavy atom. The van der Waals surface area contributed by atoms with E-state index in [1.54, 1.807) is 11.1 Å².